The number of halogens is 2. The van der Waals surface area contributed by atoms with E-state index in [0.29, 0.717) is 0 Å². The number of carbonyl (C=O) groups is 1. The molecule has 1 amide bonds. The lowest BCUT2D eigenvalue weighted by Gasteiger charge is -2.10. The molecule has 1 radical (unpaired) electrons. The molecule has 2 aromatic carbocycles. The van der Waals surface area contributed by atoms with Gasteiger partial charge in [-0.05, 0) is 46.3 Å². The summed E-state index contributed by atoms with van der Waals surface area (Å²) in [5, 5.41) is 7.73. The lowest BCUT2D eigenvalue weighted by Crippen LogP contribution is -2.00. The van der Waals surface area contributed by atoms with Crippen molar-refractivity contribution in [2.45, 2.75) is 0 Å². The van der Waals surface area contributed by atoms with Crippen LogP contribution < -0.4 is 11.1 Å². The zero-order valence-corrected chi connectivity index (χ0v) is 15.0. The SMILES string of the molecule is Cn1ncc(Br)c1-c1cccc(Nc2ccc(C([NH])=O)c(Cl)c2)c1. The summed E-state index contributed by atoms with van der Waals surface area (Å²) in [5.41, 5.74) is 10.9. The number of nitrogens with one attached hydrogen (secondary N) is 2. The summed E-state index contributed by atoms with van der Waals surface area (Å²) in [4.78, 5) is 11.1. The van der Waals surface area contributed by atoms with Crippen molar-refractivity contribution in [2.75, 3.05) is 5.32 Å². The van der Waals surface area contributed by atoms with Crippen LogP contribution in [-0.4, -0.2) is 15.7 Å². The van der Waals surface area contributed by atoms with Gasteiger partial charge >= 0.3 is 0 Å². The zero-order valence-electron chi connectivity index (χ0n) is 12.7. The van der Waals surface area contributed by atoms with Gasteiger partial charge in [0.05, 0.1) is 26.9 Å². The van der Waals surface area contributed by atoms with Crippen LogP contribution in [0.15, 0.2) is 53.1 Å². The van der Waals surface area contributed by atoms with Crippen molar-refractivity contribution in [3.05, 3.63) is 63.7 Å². The summed E-state index contributed by atoms with van der Waals surface area (Å²) < 4.78 is 2.72. The van der Waals surface area contributed by atoms with Crippen LogP contribution in [0, 0.1) is 0 Å². The van der Waals surface area contributed by atoms with Crippen LogP contribution in [0.2, 0.25) is 5.02 Å². The molecule has 0 atom stereocenters. The molecule has 0 aliphatic heterocycles. The zero-order chi connectivity index (χ0) is 17.3. The third kappa shape index (κ3) is 3.29. The molecule has 7 heteroatoms. The predicted octanol–water partition coefficient (Wildman–Crippen LogP) is 4.67. The molecule has 0 bridgehead atoms. The topological polar surface area (TPSA) is 70.7 Å². The maximum atomic E-state index is 11.1. The van der Waals surface area contributed by atoms with E-state index >= 15 is 0 Å². The molecular weight excluding hydrogens is 392 g/mol. The summed E-state index contributed by atoms with van der Waals surface area (Å²) in [5.74, 6) is -0.797. The van der Waals surface area contributed by atoms with Crippen LogP contribution in [0.1, 0.15) is 10.4 Å². The molecule has 0 fully saturated rings. The van der Waals surface area contributed by atoms with Gasteiger partial charge in [-0.3, -0.25) is 15.2 Å². The van der Waals surface area contributed by atoms with E-state index in [1.807, 2.05) is 31.3 Å². The van der Waals surface area contributed by atoms with Gasteiger partial charge < -0.3 is 5.32 Å². The van der Waals surface area contributed by atoms with Gasteiger partial charge in [-0.15, -0.1) is 0 Å². The van der Waals surface area contributed by atoms with Gasteiger partial charge in [0.1, 0.15) is 0 Å². The van der Waals surface area contributed by atoms with Gasteiger partial charge in [0.15, 0.2) is 0 Å². The van der Waals surface area contributed by atoms with Crippen LogP contribution in [0.4, 0.5) is 11.4 Å². The van der Waals surface area contributed by atoms with Crippen molar-refractivity contribution in [1.29, 1.82) is 0 Å². The Labute approximate surface area is 152 Å². The molecule has 0 aliphatic rings. The van der Waals surface area contributed by atoms with Crippen molar-refractivity contribution in [3.8, 4) is 11.3 Å². The molecule has 0 spiro atoms. The molecule has 2 N–H and O–H groups in total. The first-order valence-corrected chi connectivity index (χ1v) is 8.23. The fourth-order valence-corrected chi connectivity index (χ4v) is 3.27. The van der Waals surface area contributed by atoms with E-state index in [0.717, 1.165) is 27.1 Å². The van der Waals surface area contributed by atoms with Gasteiger partial charge in [-0.1, -0.05) is 23.7 Å². The van der Waals surface area contributed by atoms with E-state index in [1.54, 1.807) is 29.1 Å². The number of aromatic nitrogens is 2. The van der Waals surface area contributed by atoms with Gasteiger partial charge in [0.2, 0.25) is 0 Å². The van der Waals surface area contributed by atoms with Crippen molar-refractivity contribution < 1.29 is 4.79 Å². The third-order valence-electron chi connectivity index (χ3n) is 3.53. The van der Waals surface area contributed by atoms with Crippen LogP contribution in [0.5, 0.6) is 0 Å². The molecule has 1 aromatic heterocycles. The number of carbonyl (C=O) groups excluding carboxylic acids is 1. The monoisotopic (exact) mass is 403 g/mol. The summed E-state index contributed by atoms with van der Waals surface area (Å²) in [6.07, 6.45) is 1.76. The van der Waals surface area contributed by atoms with E-state index in [-0.39, 0.29) is 10.6 Å². The second-order valence-electron chi connectivity index (χ2n) is 5.19. The van der Waals surface area contributed by atoms with E-state index < -0.39 is 5.91 Å². The van der Waals surface area contributed by atoms with E-state index in [1.165, 1.54) is 0 Å². The molecular formula is C17H13BrClN4O. The Balaban J connectivity index is 1.91. The fourth-order valence-electron chi connectivity index (χ4n) is 2.42. The lowest BCUT2D eigenvalue weighted by molar-refractivity contribution is 0.0992. The number of amides is 1. The lowest BCUT2D eigenvalue weighted by atomic mass is 10.1. The quantitative estimate of drug-likeness (QED) is 0.687. The summed E-state index contributed by atoms with van der Waals surface area (Å²) in [6, 6.07) is 12.8. The predicted molar refractivity (Wildman–Crippen MR) is 98.5 cm³/mol. The molecule has 3 rings (SSSR count). The minimum atomic E-state index is -0.797. The molecule has 5 nitrogen and oxygen atoms in total. The molecule has 0 aliphatic carbocycles. The number of nitrogens with zero attached hydrogens (tertiary/aromatic N) is 2. The van der Waals surface area contributed by atoms with E-state index in [4.69, 9.17) is 17.3 Å². The average molecular weight is 405 g/mol. The van der Waals surface area contributed by atoms with E-state index in [2.05, 4.69) is 26.3 Å². The number of hydrogen-bond acceptors (Lipinski definition) is 3. The van der Waals surface area contributed by atoms with Crippen molar-refractivity contribution in [3.63, 3.8) is 0 Å². The first-order chi connectivity index (χ1) is 11.5. The highest BCUT2D eigenvalue weighted by Crippen LogP contribution is 2.30. The second-order valence-corrected chi connectivity index (χ2v) is 6.46. The Morgan fingerprint density at radius 2 is 2.00 bits per heavy atom. The van der Waals surface area contributed by atoms with Gasteiger partial charge in [0, 0.05) is 24.0 Å². The highest BCUT2D eigenvalue weighted by Gasteiger charge is 2.10. The van der Waals surface area contributed by atoms with Gasteiger partial charge in [-0.25, -0.2) is 0 Å². The van der Waals surface area contributed by atoms with E-state index in [9.17, 15) is 4.79 Å². The molecule has 121 valence electrons. The van der Waals surface area contributed by atoms with Crippen LogP contribution in [0.3, 0.4) is 0 Å². The molecule has 0 unspecified atom stereocenters. The number of hydrogen-bond donors (Lipinski definition) is 1. The average Bonchev–Trinajstić information content (AvgIpc) is 2.86. The number of aryl methyl sites for hydroxylation is 1. The van der Waals surface area contributed by atoms with Crippen LogP contribution in [0.25, 0.3) is 11.3 Å². The summed E-state index contributed by atoms with van der Waals surface area (Å²) >= 11 is 9.55. The van der Waals surface area contributed by atoms with Crippen molar-refractivity contribution >= 4 is 44.8 Å². The first kappa shape index (κ1) is 16.5. The smallest absolute Gasteiger partial charge is 0.271 e. The van der Waals surface area contributed by atoms with Gasteiger partial charge in [-0.2, -0.15) is 5.10 Å². The normalized spacial score (nSPS) is 10.6. The maximum absolute atomic E-state index is 11.1. The molecule has 3 aromatic rings. The van der Waals surface area contributed by atoms with Gasteiger partial charge in [0.25, 0.3) is 5.91 Å². The maximum Gasteiger partial charge on any atom is 0.271 e. The Bertz CT molecular complexity index is 903. The number of benzene rings is 2. The highest BCUT2D eigenvalue weighted by molar-refractivity contribution is 9.10. The second kappa shape index (κ2) is 6.67. The highest BCUT2D eigenvalue weighted by atomic mass is 79.9. The fraction of sp³-hybridized carbons (Fsp3) is 0.0588. The standard InChI is InChI=1S/C17H13BrClN4O/c1-23-16(14(18)9-21-23)10-3-2-4-11(7-10)22-12-5-6-13(17(20)24)15(19)8-12/h2-9,20,22H,1H3. The summed E-state index contributed by atoms with van der Waals surface area (Å²) in [7, 11) is 1.89. The van der Waals surface area contributed by atoms with Crippen molar-refractivity contribution in [1.82, 2.24) is 15.5 Å². The minimum absolute atomic E-state index is 0.190. The Kier molecular flexibility index (Phi) is 4.59. The largest absolute Gasteiger partial charge is 0.355 e. The first-order valence-electron chi connectivity index (χ1n) is 7.06. The minimum Gasteiger partial charge on any atom is -0.355 e. The molecule has 0 saturated heterocycles. The van der Waals surface area contributed by atoms with Crippen molar-refractivity contribution in [2.24, 2.45) is 7.05 Å². The Morgan fingerprint density at radius 1 is 1.25 bits per heavy atom. The molecule has 24 heavy (non-hydrogen) atoms. The molecule has 1 heterocycles. The number of rotatable bonds is 4. The van der Waals surface area contributed by atoms with Crippen LogP contribution in [-0.2, 0) is 7.05 Å². The Morgan fingerprint density at radius 3 is 2.62 bits per heavy atom. The summed E-state index contributed by atoms with van der Waals surface area (Å²) in [6.45, 7) is 0. The van der Waals surface area contributed by atoms with Crippen LogP contribution >= 0.6 is 27.5 Å². The third-order valence-corrected chi connectivity index (χ3v) is 4.43. The number of anilines is 2. The molecule has 0 saturated carbocycles. The Hall–Kier alpha value is -2.31.